The molecule has 1 unspecified atom stereocenters. The van der Waals surface area contributed by atoms with Gasteiger partial charge in [-0.25, -0.2) is 8.42 Å². The van der Waals surface area contributed by atoms with Gasteiger partial charge in [-0.3, -0.25) is 4.90 Å². The van der Waals surface area contributed by atoms with Crippen molar-refractivity contribution in [1.82, 2.24) is 10.2 Å². The molecule has 2 rings (SSSR count). The van der Waals surface area contributed by atoms with Gasteiger partial charge in [-0.2, -0.15) is 0 Å². The van der Waals surface area contributed by atoms with E-state index in [1.54, 1.807) is 0 Å². The van der Waals surface area contributed by atoms with E-state index in [9.17, 15) is 8.42 Å². The van der Waals surface area contributed by atoms with E-state index >= 15 is 0 Å². The number of hydrogen-bond acceptors (Lipinski definition) is 5. The highest BCUT2D eigenvalue weighted by Gasteiger charge is 2.37. The SMILES string of the molecule is CCCNCC1(CN2CCS(=O)(=O)CC2C)CCOCC1. The molecule has 0 radical (unpaired) electrons. The van der Waals surface area contributed by atoms with Crippen molar-refractivity contribution >= 4 is 9.84 Å². The highest BCUT2D eigenvalue weighted by Crippen LogP contribution is 2.32. The zero-order valence-corrected chi connectivity index (χ0v) is 14.3. The number of rotatable bonds is 6. The second-order valence-electron chi connectivity index (χ2n) is 6.72. The Kier molecular flexibility index (Phi) is 6.05. The molecule has 2 aliphatic heterocycles. The molecule has 0 aromatic carbocycles. The van der Waals surface area contributed by atoms with Crippen LogP contribution in [0.4, 0.5) is 0 Å². The number of nitrogens with one attached hydrogen (secondary N) is 1. The lowest BCUT2D eigenvalue weighted by Gasteiger charge is -2.44. The molecule has 21 heavy (non-hydrogen) atoms. The first kappa shape index (κ1) is 17.2. The van der Waals surface area contributed by atoms with Gasteiger partial charge in [-0.05, 0) is 38.1 Å². The van der Waals surface area contributed by atoms with E-state index in [0.717, 1.165) is 52.1 Å². The highest BCUT2D eigenvalue weighted by atomic mass is 32.2. The summed E-state index contributed by atoms with van der Waals surface area (Å²) in [5, 5.41) is 3.57. The molecule has 1 atom stereocenters. The van der Waals surface area contributed by atoms with E-state index in [4.69, 9.17) is 4.74 Å². The van der Waals surface area contributed by atoms with Crippen LogP contribution < -0.4 is 5.32 Å². The van der Waals surface area contributed by atoms with Gasteiger partial charge in [-0.15, -0.1) is 0 Å². The van der Waals surface area contributed by atoms with E-state index in [0.29, 0.717) is 18.1 Å². The molecule has 2 saturated heterocycles. The average Bonchev–Trinajstić information content (AvgIpc) is 2.43. The Hall–Kier alpha value is -0.170. The van der Waals surface area contributed by atoms with Gasteiger partial charge >= 0.3 is 0 Å². The smallest absolute Gasteiger partial charge is 0.153 e. The zero-order valence-electron chi connectivity index (χ0n) is 13.4. The van der Waals surface area contributed by atoms with Crippen LogP contribution >= 0.6 is 0 Å². The predicted molar refractivity (Wildman–Crippen MR) is 85.3 cm³/mol. The first-order valence-corrected chi connectivity index (χ1v) is 10.0. The molecule has 0 aromatic heterocycles. The Morgan fingerprint density at radius 1 is 1.33 bits per heavy atom. The molecule has 0 bridgehead atoms. The maximum atomic E-state index is 11.7. The van der Waals surface area contributed by atoms with Crippen LogP contribution in [0.25, 0.3) is 0 Å². The highest BCUT2D eigenvalue weighted by molar-refractivity contribution is 7.91. The standard InChI is InChI=1S/C15H30N2O3S/c1-3-6-16-12-15(4-8-20-9-5-15)13-17-7-10-21(18,19)11-14(17)2/h14,16H,3-13H2,1-2H3. The van der Waals surface area contributed by atoms with Crippen LogP contribution in [0.5, 0.6) is 0 Å². The van der Waals surface area contributed by atoms with Crippen LogP contribution in [-0.4, -0.2) is 70.3 Å². The van der Waals surface area contributed by atoms with Crippen molar-refractivity contribution in [3.63, 3.8) is 0 Å². The van der Waals surface area contributed by atoms with Crippen molar-refractivity contribution in [2.45, 2.75) is 39.2 Å². The van der Waals surface area contributed by atoms with Crippen molar-refractivity contribution in [2.24, 2.45) is 5.41 Å². The molecule has 2 aliphatic rings. The molecule has 2 fully saturated rings. The molecule has 1 N–H and O–H groups in total. The van der Waals surface area contributed by atoms with Gasteiger partial charge in [0.2, 0.25) is 0 Å². The molecular formula is C15H30N2O3S. The molecule has 6 heteroatoms. The lowest BCUT2D eigenvalue weighted by Crippen LogP contribution is -2.54. The van der Waals surface area contributed by atoms with Crippen LogP contribution in [-0.2, 0) is 14.6 Å². The average molecular weight is 318 g/mol. The van der Waals surface area contributed by atoms with Gasteiger partial charge in [0.05, 0.1) is 11.5 Å². The molecule has 2 heterocycles. The predicted octanol–water partition coefficient (Wildman–Crippen LogP) is 0.902. The third-order valence-electron chi connectivity index (χ3n) is 4.83. The summed E-state index contributed by atoms with van der Waals surface area (Å²) in [6.07, 6.45) is 3.28. The Morgan fingerprint density at radius 2 is 2.05 bits per heavy atom. The van der Waals surface area contributed by atoms with Crippen LogP contribution in [0.2, 0.25) is 0 Å². The molecule has 0 saturated carbocycles. The number of ether oxygens (including phenoxy) is 1. The molecular weight excluding hydrogens is 288 g/mol. The van der Waals surface area contributed by atoms with Gasteiger partial charge in [0.25, 0.3) is 0 Å². The van der Waals surface area contributed by atoms with Crippen LogP contribution in [0.15, 0.2) is 0 Å². The summed E-state index contributed by atoms with van der Waals surface area (Å²) in [5.41, 5.74) is 0.239. The van der Waals surface area contributed by atoms with Crippen molar-refractivity contribution in [1.29, 1.82) is 0 Å². The van der Waals surface area contributed by atoms with Crippen LogP contribution in [0, 0.1) is 5.41 Å². The van der Waals surface area contributed by atoms with E-state index in [-0.39, 0.29) is 11.5 Å². The maximum Gasteiger partial charge on any atom is 0.153 e. The number of sulfone groups is 1. The van der Waals surface area contributed by atoms with E-state index < -0.39 is 9.84 Å². The molecule has 0 aliphatic carbocycles. The van der Waals surface area contributed by atoms with E-state index in [1.165, 1.54) is 0 Å². The summed E-state index contributed by atoms with van der Waals surface area (Å²) in [6.45, 7) is 9.61. The van der Waals surface area contributed by atoms with E-state index in [1.807, 2.05) is 6.92 Å². The quantitative estimate of drug-likeness (QED) is 0.738. The Labute approximate surface area is 129 Å². The van der Waals surface area contributed by atoms with Crippen molar-refractivity contribution in [3.05, 3.63) is 0 Å². The molecule has 124 valence electrons. The van der Waals surface area contributed by atoms with Crippen LogP contribution in [0.1, 0.15) is 33.1 Å². The molecule has 5 nitrogen and oxygen atoms in total. The summed E-state index contributed by atoms with van der Waals surface area (Å²) in [6, 6.07) is 0.134. The number of nitrogens with zero attached hydrogens (tertiary/aromatic N) is 1. The molecule has 0 aromatic rings. The first-order valence-electron chi connectivity index (χ1n) is 8.19. The van der Waals surface area contributed by atoms with Gasteiger partial charge in [0, 0.05) is 38.9 Å². The normalized spacial score (nSPS) is 29.3. The van der Waals surface area contributed by atoms with Crippen molar-refractivity contribution in [3.8, 4) is 0 Å². The minimum atomic E-state index is -2.83. The second-order valence-corrected chi connectivity index (χ2v) is 8.95. The maximum absolute atomic E-state index is 11.7. The van der Waals surface area contributed by atoms with Gasteiger partial charge in [0.15, 0.2) is 9.84 Å². The largest absolute Gasteiger partial charge is 0.381 e. The Balaban J connectivity index is 1.97. The molecule has 0 spiro atoms. The van der Waals surface area contributed by atoms with Crippen molar-refractivity contribution in [2.75, 3.05) is 50.9 Å². The zero-order chi connectivity index (χ0) is 15.3. The summed E-state index contributed by atoms with van der Waals surface area (Å²) >= 11 is 0. The monoisotopic (exact) mass is 318 g/mol. The lowest BCUT2D eigenvalue weighted by molar-refractivity contribution is -0.00879. The first-order chi connectivity index (χ1) is 9.96. The minimum absolute atomic E-state index is 0.134. The Morgan fingerprint density at radius 3 is 2.67 bits per heavy atom. The topological polar surface area (TPSA) is 58.6 Å². The van der Waals surface area contributed by atoms with Crippen molar-refractivity contribution < 1.29 is 13.2 Å². The third-order valence-corrected chi connectivity index (χ3v) is 6.62. The third kappa shape index (κ3) is 4.91. The van der Waals surface area contributed by atoms with Gasteiger partial charge in [0.1, 0.15) is 0 Å². The fraction of sp³-hybridized carbons (Fsp3) is 1.00. The second kappa shape index (κ2) is 7.40. The van der Waals surface area contributed by atoms with Gasteiger partial charge < -0.3 is 10.1 Å². The summed E-state index contributed by atoms with van der Waals surface area (Å²) in [7, 11) is -2.83. The summed E-state index contributed by atoms with van der Waals surface area (Å²) < 4.78 is 29.0. The fourth-order valence-corrected chi connectivity index (χ4v) is 5.05. The minimum Gasteiger partial charge on any atom is -0.381 e. The molecule has 0 amide bonds. The Bertz CT molecular complexity index is 419. The fourth-order valence-electron chi connectivity index (χ4n) is 3.42. The van der Waals surface area contributed by atoms with Crippen LogP contribution in [0.3, 0.4) is 0 Å². The summed E-state index contributed by atoms with van der Waals surface area (Å²) in [4.78, 5) is 2.37. The number of hydrogen-bond donors (Lipinski definition) is 1. The lowest BCUT2D eigenvalue weighted by atomic mass is 9.79. The van der Waals surface area contributed by atoms with E-state index in [2.05, 4.69) is 17.1 Å². The summed E-state index contributed by atoms with van der Waals surface area (Å²) in [5.74, 6) is 0.619. The van der Waals surface area contributed by atoms with Gasteiger partial charge in [-0.1, -0.05) is 6.92 Å².